The molecule has 108 valence electrons. The number of thioether (sulfide) groups is 1. The Labute approximate surface area is 148 Å². The van der Waals surface area contributed by atoms with E-state index in [1.165, 1.54) is 23.5 Å². The number of hydrogen-bond acceptors (Lipinski definition) is 3. The molecule has 0 spiro atoms. The van der Waals surface area contributed by atoms with E-state index >= 15 is 0 Å². The Balaban J connectivity index is 0.00000180. The van der Waals surface area contributed by atoms with E-state index in [9.17, 15) is 0 Å². The van der Waals surface area contributed by atoms with Gasteiger partial charge in [-0.2, -0.15) is 11.8 Å². The van der Waals surface area contributed by atoms with E-state index in [2.05, 4.69) is 54.8 Å². The summed E-state index contributed by atoms with van der Waals surface area (Å²) in [6.45, 7) is 1.84. The zero-order chi connectivity index (χ0) is 12.8. The summed E-state index contributed by atoms with van der Waals surface area (Å²) < 4.78 is 1.15. The van der Waals surface area contributed by atoms with Crippen molar-refractivity contribution in [2.24, 2.45) is 4.99 Å². The van der Waals surface area contributed by atoms with Gasteiger partial charge in [0.1, 0.15) is 0 Å². The molecule has 0 saturated carbocycles. The SMILES string of the molecule is CN=C(NCc1cc(Br)cs1)NCC1CCCS1.I. The lowest BCUT2D eigenvalue weighted by Gasteiger charge is -2.14. The third-order valence-electron chi connectivity index (χ3n) is 2.80. The molecule has 2 N–H and O–H groups in total. The van der Waals surface area contributed by atoms with Crippen LogP contribution in [0.15, 0.2) is 20.9 Å². The zero-order valence-electron chi connectivity index (χ0n) is 10.8. The van der Waals surface area contributed by atoms with E-state index in [-0.39, 0.29) is 24.0 Å². The molecule has 7 heteroatoms. The third kappa shape index (κ3) is 6.22. The molecule has 1 saturated heterocycles. The molecule has 1 aromatic heterocycles. The number of hydrogen-bond donors (Lipinski definition) is 2. The fourth-order valence-electron chi connectivity index (χ4n) is 1.85. The molecular weight excluding hydrogens is 457 g/mol. The van der Waals surface area contributed by atoms with Gasteiger partial charge in [0.05, 0.1) is 6.54 Å². The quantitative estimate of drug-likeness (QED) is 0.396. The van der Waals surface area contributed by atoms with Crippen molar-refractivity contribution in [3.8, 4) is 0 Å². The second-order valence-electron chi connectivity index (χ2n) is 4.17. The molecule has 0 radical (unpaired) electrons. The summed E-state index contributed by atoms with van der Waals surface area (Å²) in [7, 11) is 1.82. The van der Waals surface area contributed by atoms with Crippen LogP contribution in [0.25, 0.3) is 0 Å². The minimum atomic E-state index is 0. The van der Waals surface area contributed by atoms with Gasteiger partial charge in [0.15, 0.2) is 5.96 Å². The van der Waals surface area contributed by atoms with Gasteiger partial charge in [-0.15, -0.1) is 35.3 Å². The lowest BCUT2D eigenvalue weighted by molar-refractivity contribution is 0.727. The molecule has 1 fully saturated rings. The van der Waals surface area contributed by atoms with Gasteiger partial charge >= 0.3 is 0 Å². The zero-order valence-corrected chi connectivity index (χ0v) is 16.4. The predicted octanol–water partition coefficient (Wildman–Crippen LogP) is 3.69. The van der Waals surface area contributed by atoms with Crippen LogP contribution in [-0.4, -0.2) is 30.6 Å². The van der Waals surface area contributed by atoms with Gasteiger partial charge in [-0.3, -0.25) is 4.99 Å². The van der Waals surface area contributed by atoms with Crippen LogP contribution >= 0.6 is 63.0 Å². The Bertz CT molecular complexity index is 405. The highest BCUT2D eigenvalue weighted by Gasteiger charge is 2.15. The van der Waals surface area contributed by atoms with E-state index in [0.29, 0.717) is 0 Å². The van der Waals surface area contributed by atoms with Gasteiger partial charge in [0.25, 0.3) is 0 Å². The van der Waals surface area contributed by atoms with Crippen LogP contribution in [-0.2, 0) is 6.54 Å². The van der Waals surface area contributed by atoms with Gasteiger partial charge < -0.3 is 10.6 Å². The maximum absolute atomic E-state index is 4.25. The second-order valence-corrected chi connectivity index (χ2v) is 7.49. The molecule has 1 aromatic rings. The van der Waals surface area contributed by atoms with E-state index in [1.54, 1.807) is 11.3 Å². The molecule has 0 bridgehead atoms. The fourth-order valence-corrected chi connectivity index (χ4v) is 4.45. The number of rotatable bonds is 4. The maximum Gasteiger partial charge on any atom is 0.191 e. The Morgan fingerprint density at radius 3 is 2.95 bits per heavy atom. The highest BCUT2D eigenvalue weighted by molar-refractivity contribution is 14.0. The molecule has 0 aliphatic carbocycles. The van der Waals surface area contributed by atoms with Crippen molar-refractivity contribution in [2.45, 2.75) is 24.6 Å². The monoisotopic (exact) mass is 475 g/mol. The first-order valence-corrected chi connectivity index (χ1v) is 8.79. The van der Waals surface area contributed by atoms with Crippen molar-refractivity contribution >= 4 is 69.0 Å². The highest BCUT2D eigenvalue weighted by Crippen LogP contribution is 2.25. The van der Waals surface area contributed by atoms with Crippen LogP contribution < -0.4 is 10.6 Å². The van der Waals surface area contributed by atoms with E-state index in [0.717, 1.165) is 28.8 Å². The average molecular weight is 476 g/mol. The summed E-state index contributed by atoms with van der Waals surface area (Å²) in [5.41, 5.74) is 0. The van der Waals surface area contributed by atoms with E-state index in [4.69, 9.17) is 0 Å². The first-order valence-electron chi connectivity index (χ1n) is 6.07. The predicted molar refractivity (Wildman–Crippen MR) is 101 cm³/mol. The summed E-state index contributed by atoms with van der Waals surface area (Å²) >= 11 is 7.28. The molecular formula is C12H19BrIN3S2. The lowest BCUT2D eigenvalue weighted by atomic mass is 10.2. The Kier molecular flexibility index (Phi) is 8.76. The van der Waals surface area contributed by atoms with Crippen molar-refractivity contribution in [1.82, 2.24) is 10.6 Å². The maximum atomic E-state index is 4.25. The number of thiophene rings is 1. The highest BCUT2D eigenvalue weighted by atomic mass is 127. The third-order valence-corrected chi connectivity index (χ3v) is 5.89. The largest absolute Gasteiger partial charge is 0.355 e. The lowest BCUT2D eigenvalue weighted by Crippen LogP contribution is -2.39. The number of nitrogens with zero attached hydrogens (tertiary/aromatic N) is 1. The molecule has 1 aliphatic heterocycles. The van der Waals surface area contributed by atoms with Gasteiger partial charge in [-0.05, 0) is 40.6 Å². The summed E-state index contributed by atoms with van der Waals surface area (Å²) in [4.78, 5) is 5.55. The summed E-state index contributed by atoms with van der Waals surface area (Å²) in [6.07, 6.45) is 2.68. The summed E-state index contributed by atoms with van der Waals surface area (Å²) in [5.74, 6) is 2.20. The van der Waals surface area contributed by atoms with Crippen molar-refractivity contribution < 1.29 is 0 Å². The standard InChI is InChI=1S/C12H18BrN3S2.HI/c1-14-12(15-6-10-3-2-4-17-10)16-7-11-5-9(13)8-18-11;/h5,8,10H,2-4,6-7H2,1H3,(H2,14,15,16);1H. The number of halogens is 2. The Hall–Kier alpha value is 0.530. The molecule has 1 unspecified atom stereocenters. The molecule has 19 heavy (non-hydrogen) atoms. The van der Waals surface area contributed by atoms with Gasteiger partial charge in [-0.1, -0.05) is 0 Å². The normalized spacial score (nSPS) is 19.1. The summed E-state index contributed by atoms with van der Waals surface area (Å²) in [5, 5.41) is 9.59. The smallest absolute Gasteiger partial charge is 0.191 e. The molecule has 2 rings (SSSR count). The Morgan fingerprint density at radius 2 is 2.37 bits per heavy atom. The Morgan fingerprint density at radius 1 is 1.53 bits per heavy atom. The summed E-state index contributed by atoms with van der Waals surface area (Å²) in [6, 6.07) is 2.14. The minimum absolute atomic E-state index is 0. The van der Waals surface area contributed by atoms with Crippen molar-refractivity contribution in [3.05, 3.63) is 20.8 Å². The van der Waals surface area contributed by atoms with Gasteiger partial charge in [-0.25, -0.2) is 0 Å². The van der Waals surface area contributed by atoms with Crippen molar-refractivity contribution in [3.63, 3.8) is 0 Å². The first-order chi connectivity index (χ1) is 8.78. The number of nitrogens with one attached hydrogen (secondary N) is 2. The number of aliphatic imine (C=N–C) groups is 1. The van der Waals surface area contributed by atoms with Crippen LogP contribution in [0.4, 0.5) is 0 Å². The van der Waals surface area contributed by atoms with Gasteiger partial charge in [0, 0.05) is 33.6 Å². The molecule has 1 aliphatic rings. The van der Waals surface area contributed by atoms with Crippen molar-refractivity contribution in [2.75, 3.05) is 19.3 Å². The van der Waals surface area contributed by atoms with E-state index in [1.807, 2.05) is 7.05 Å². The van der Waals surface area contributed by atoms with Crippen LogP contribution in [0.1, 0.15) is 17.7 Å². The van der Waals surface area contributed by atoms with Crippen LogP contribution in [0.2, 0.25) is 0 Å². The van der Waals surface area contributed by atoms with E-state index < -0.39 is 0 Å². The minimum Gasteiger partial charge on any atom is -0.355 e. The van der Waals surface area contributed by atoms with Gasteiger partial charge in [0.2, 0.25) is 0 Å². The molecule has 0 aromatic carbocycles. The van der Waals surface area contributed by atoms with Crippen molar-refractivity contribution in [1.29, 1.82) is 0 Å². The fraction of sp³-hybridized carbons (Fsp3) is 0.583. The average Bonchev–Trinajstić information content (AvgIpc) is 3.01. The first kappa shape index (κ1) is 17.6. The molecule has 3 nitrogen and oxygen atoms in total. The second kappa shape index (κ2) is 9.46. The van der Waals surface area contributed by atoms with Crippen LogP contribution in [0.3, 0.4) is 0 Å². The number of guanidine groups is 1. The van der Waals surface area contributed by atoms with Crippen LogP contribution in [0.5, 0.6) is 0 Å². The molecule has 0 amide bonds. The van der Waals surface area contributed by atoms with Crippen LogP contribution in [0, 0.1) is 0 Å². The topological polar surface area (TPSA) is 36.4 Å². The molecule has 1 atom stereocenters. The molecule has 2 heterocycles.